The molecule has 3 nitrogen and oxygen atoms in total. The first-order valence-corrected chi connectivity index (χ1v) is 7.50. The van der Waals surface area contributed by atoms with Gasteiger partial charge in [-0.2, -0.15) is 11.8 Å². The van der Waals surface area contributed by atoms with Gasteiger partial charge in [-0.1, -0.05) is 19.8 Å². The summed E-state index contributed by atoms with van der Waals surface area (Å²) in [6, 6.07) is 0. The van der Waals surface area contributed by atoms with Gasteiger partial charge >= 0.3 is 0 Å². The van der Waals surface area contributed by atoms with Gasteiger partial charge in [0.25, 0.3) is 0 Å². The normalized spacial score (nSPS) is 31.1. The van der Waals surface area contributed by atoms with Gasteiger partial charge in [-0.05, 0) is 25.0 Å². The molecule has 0 saturated carbocycles. The molecule has 0 aromatic carbocycles. The smallest absolute Gasteiger partial charge is 0.237 e. The van der Waals surface area contributed by atoms with Crippen molar-refractivity contribution in [3.8, 4) is 0 Å². The van der Waals surface area contributed by atoms with Crippen molar-refractivity contribution in [2.75, 3.05) is 18.8 Å². The second-order valence-electron chi connectivity index (χ2n) is 4.72. The Hall–Kier alpha value is -0.220. The molecule has 2 aliphatic rings. The van der Waals surface area contributed by atoms with Crippen LogP contribution >= 0.6 is 11.8 Å². The first kappa shape index (κ1) is 12.2. The average Bonchev–Trinajstić information content (AvgIpc) is 2.64. The van der Waals surface area contributed by atoms with Crippen LogP contribution in [0.5, 0.6) is 0 Å². The molecule has 2 saturated heterocycles. The van der Waals surface area contributed by atoms with Gasteiger partial charge < -0.3 is 4.90 Å². The van der Waals surface area contributed by atoms with Gasteiger partial charge in [0.2, 0.25) is 5.91 Å². The van der Waals surface area contributed by atoms with Crippen molar-refractivity contribution in [1.82, 2.24) is 10.2 Å². The van der Waals surface area contributed by atoms with Crippen LogP contribution in [0.15, 0.2) is 0 Å². The quantitative estimate of drug-likeness (QED) is 0.816. The Balaban J connectivity index is 1.87. The van der Waals surface area contributed by atoms with E-state index in [0.29, 0.717) is 23.9 Å². The summed E-state index contributed by atoms with van der Waals surface area (Å²) in [5.41, 5.74) is 0. The van der Waals surface area contributed by atoms with Crippen LogP contribution < -0.4 is 5.32 Å². The fraction of sp³-hybridized carbons (Fsp3) is 0.917. The molecule has 4 heteroatoms. The third-order valence-corrected chi connectivity index (χ3v) is 4.80. The predicted molar refractivity (Wildman–Crippen MR) is 68.5 cm³/mol. The minimum atomic E-state index is 0.296. The van der Waals surface area contributed by atoms with Crippen molar-refractivity contribution in [2.24, 2.45) is 0 Å². The second-order valence-corrected chi connectivity index (χ2v) is 6.13. The SMILES string of the molecule is CCCC1NCC(=O)N1CC1CCCCS1. The lowest BCUT2D eigenvalue weighted by atomic mass is 10.1. The molecule has 0 bridgehead atoms. The number of nitrogens with zero attached hydrogens (tertiary/aromatic N) is 1. The van der Waals surface area contributed by atoms with E-state index < -0.39 is 0 Å². The van der Waals surface area contributed by atoms with Crippen LogP contribution in [0.25, 0.3) is 0 Å². The van der Waals surface area contributed by atoms with E-state index in [1.807, 2.05) is 0 Å². The van der Waals surface area contributed by atoms with Gasteiger partial charge in [0.15, 0.2) is 0 Å². The molecule has 1 N–H and O–H groups in total. The van der Waals surface area contributed by atoms with Gasteiger partial charge in [-0.3, -0.25) is 10.1 Å². The highest BCUT2D eigenvalue weighted by molar-refractivity contribution is 7.99. The Labute approximate surface area is 102 Å². The fourth-order valence-electron chi connectivity index (χ4n) is 2.52. The molecule has 2 unspecified atom stereocenters. The second kappa shape index (κ2) is 5.92. The lowest BCUT2D eigenvalue weighted by Gasteiger charge is -2.30. The maximum Gasteiger partial charge on any atom is 0.237 e. The van der Waals surface area contributed by atoms with Crippen molar-refractivity contribution in [2.45, 2.75) is 50.4 Å². The lowest BCUT2D eigenvalue weighted by molar-refractivity contribution is -0.128. The van der Waals surface area contributed by atoms with Crippen molar-refractivity contribution in [1.29, 1.82) is 0 Å². The maximum absolute atomic E-state index is 11.8. The van der Waals surface area contributed by atoms with E-state index in [0.717, 1.165) is 19.4 Å². The van der Waals surface area contributed by atoms with Crippen molar-refractivity contribution >= 4 is 17.7 Å². The molecule has 1 amide bonds. The first-order valence-electron chi connectivity index (χ1n) is 6.45. The minimum Gasteiger partial charge on any atom is -0.325 e. The highest BCUT2D eigenvalue weighted by atomic mass is 32.2. The molecule has 2 atom stereocenters. The number of nitrogens with one attached hydrogen (secondary N) is 1. The standard InChI is InChI=1S/C12H22N2OS/c1-2-5-11-13-8-12(15)14(11)9-10-6-3-4-7-16-10/h10-11,13H,2-9H2,1H3. The number of thioether (sulfide) groups is 1. The van der Waals surface area contributed by atoms with E-state index in [4.69, 9.17) is 0 Å². The van der Waals surface area contributed by atoms with E-state index in [-0.39, 0.29) is 0 Å². The Kier molecular flexibility index (Phi) is 4.53. The van der Waals surface area contributed by atoms with Crippen LogP contribution in [-0.4, -0.2) is 41.1 Å². The molecule has 0 aromatic heterocycles. The number of hydrogen-bond donors (Lipinski definition) is 1. The summed E-state index contributed by atoms with van der Waals surface area (Å²) in [5.74, 6) is 1.57. The van der Waals surface area contributed by atoms with E-state index in [9.17, 15) is 4.79 Å². The van der Waals surface area contributed by atoms with Gasteiger partial charge in [0.1, 0.15) is 0 Å². The maximum atomic E-state index is 11.8. The van der Waals surface area contributed by atoms with E-state index in [1.54, 1.807) is 0 Å². The van der Waals surface area contributed by atoms with Crippen LogP contribution in [0, 0.1) is 0 Å². The summed E-state index contributed by atoms with van der Waals surface area (Å²) in [5, 5.41) is 3.99. The highest BCUT2D eigenvalue weighted by Crippen LogP contribution is 2.27. The summed E-state index contributed by atoms with van der Waals surface area (Å²) < 4.78 is 0. The zero-order valence-electron chi connectivity index (χ0n) is 10.1. The van der Waals surface area contributed by atoms with Crippen LogP contribution in [0.3, 0.4) is 0 Å². The van der Waals surface area contributed by atoms with Gasteiger partial charge in [-0.25, -0.2) is 0 Å². The zero-order valence-corrected chi connectivity index (χ0v) is 10.9. The molecular weight excluding hydrogens is 220 g/mol. The topological polar surface area (TPSA) is 32.3 Å². The molecular formula is C12H22N2OS. The van der Waals surface area contributed by atoms with Crippen molar-refractivity contribution < 1.29 is 4.79 Å². The van der Waals surface area contributed by atoms with Crippen LogP contribution in [0.4, 0.5) is 0 Å². The van der Waals surface area contributed by atoms with E-state index >= 15 is 0 Å². The summed E-state index contributed by atoms with van der Waals surface area (Å²) in [6.45, 7) is 3.68. The predicted octanol–water partition coefficient (Wildman–Crippen LogP) is 1.83. The zero-order chi connectivity index (χ0) is 11.4. The monoisotopic (exact) mass is 242 g/mol. The lowest BCUT2D eigenvalue weighted by Crippen LogP contribution is -2.41. The number of carbonyl (C=O) groups excluding carboxylic acids is 1. The Morgan fingerprint density at radius 1 is 1.50 bits per heavy atom. The van der Waals surface area contributed by atoms with E-state index in [1.165, 1.54) is 25.0 Å². The molecule has 2 heterocycles. The molecule has 2 aliphatic heterocycles. The molecule has 2 fully saturated rings. The van der Waals surface area contributed by atoms with Crippen LogP contribution in [0.1, 0.15) is 39.0 Å². The van der Waals surface area contributed by atoms with Crippen molar-refractivity contribution in [3.05, 3.63) is 0 Å². The summed E-state index contributed by atoms with van der Waals surface area (Å²) in [7, 11) is 0. The molecule has 0 radical (unpaired) electrons. The summed E-state index contributed by atoms with van der Waals surface area (Å²) in [4.78, 5) is 13.9. The number of rotatable bonds is 4. The largest absolute Gasteiger partial charge is 0.325 e. The van der Waals surface area contributed by atoms with Crippen molar-refractivity contribution in [3.63, 3.8) is 0 Å². The Morgan fingerprint density at radius 2 is 2.38 bits per heavy atom. The Bertz CT molecular complexity index is 241. The van der Waals surface area contributed by atoms with Gasteiger partial charge in [0.05, 0.1) is 12.7 Å². The highest BCUT2D eigenvalue weighted by Gasteiger charge is 2.31. The summed E-state index contributed by atoms with van der Waals surface area (Å²) in [6.07, 6.45) is 6.51. The number of carbonyl (C=O) groups is 1. The molecule has 16 heavy (non-hydrogen) atoms. The minimum absolute atomic E-state index is 0.296. The van der Waals surface area contributed by atoms with Crippen LogP contribution in [-0.2, 0) is 4.79 Å². The first-order chi connectivity index (χ1) is 7.81. The Morgan fingerprint density at radius 3 is 3.06 bits per heavy atom. The average molecular weight is 242 g/mol. The van der Waals surface area contributed by atoms with Gasteiger partial charge in [0, 0.05) is 11.8 Å². The third-order valence-electron chi connectivity index (χ3n) is 3.42. The fourth-order valence-corrected chi connectivity index (χ4v) is 3.83. The van der Waals surface area contributed by atoms with Gasteiger partial charge in [-0.15, -0.1) is 0 Å². The molecule has 92 valence electrons. The van der Waals surface area contributed by atoms with E-state index in [2.05, 4.69) is 28.9 Å². The van der Waals surface area contributed by atoms with Crippen LogP contribution in [0.2, 0.25) is 0 Å². The number of amides is 1. The summed E-state index contributed by atoms with van der Waals surface area (Å²) >= 11 is 2.05. The third kappa shape index (κ3) is 2.92. The molecule has 0 spiro atoms. The molecule has 2 rings (SSSR count). The molecule has 0 aromatic rings. The number of hydrogen-bond acceptors (Lipinski definition) is 3. The molecule has 0 aliphatic carbocycles.